The Hall–Kier alpha value is -0.120. The van der Waals surface area contributed by atoms with Crippen LogP contribution >= 0.6 is 0 Å². The lowest BCUT2D eigenvalue weighted by atomic mass is 10.0. The lowest BCUT2D eigenvalue weighted by molar-refractivity contribution is -0.0629. The second-order valence-corrected chi connectivity index (χ2v) is 8.96. The molecule has 0 saturated carbocycles. The molecule has 0 aromatic rings. The fraction of sp³-hybridized carbons (Fsp3) is 1.00. The SMILES string of the molecule is CCCCCCCCCCCCOC(CCCCCCCCCCC)C(O)CO. The monoisotopic (exact) mass is 414 g/mol. The molecule has 0 aliphatic carbocycles. The van der Waals surface area contributed by atoms with Crippen LogP contribution in [0.5, 0.6) is 0 Å². The lowest BCUT2D eigenvalue weighted by Gasteiger charge is -2.22. The number of ether oxygens (including phenoxy) is 1. The molecule has 0 aromatic heterocycles. The fourth-order valence-electron chi connectivity index (χ4n) is 3.98. The molecular formula is C26H54O3. The highest BCUT2D eigenvalue weighted by Gasteiger charge is 2.18. The minimum atomic E-state index is -0.729. The highest BCUT2D eigenvalue weighted by atomic mass is 16.5. The third-order valence-corrected chi connectivity index (χ3v) is 6.04. The molecule has 0 saturated heterocycles. The zero-order chi connectivity index (χ0) is 21.4. The Morgan fingerprint density at radius 1 is 0.552 bits per heavy atom. The van der Waals surface area contributed by atoms with Gasteiger partial charge in [0.2, 0.25) is 0 Å². The summed E-state index contributed by atoms with van der Waals surface area (Å²) in [6.07, 6.45) is 24.9. The summed E-state index contributed by atoms with van der Waals surface area (Å²) in [5.41, 5.74) is 0. The Balaban J connectivity index is 3.57. The molecule has 0 aliphatic rings. The summed E-state index contributed by atoms with van der Waals surface area (Å²) >= 11 is 0. The smallest absolute Gasteiger partial charge is 0.103 e. The summed E-state index contributed by atoms with van der Waals surface area (Å²) < 4.78 is 5.93. The quantitative estimate of drug-likeness (QED) is 0.160. The van der Waals surface area contributed by atoms with Crippen LogP contribution in [0.1, 0.15) is 142 Å². The van der Waals surface area contributed by atoms with E-state index in [0.717, 1.165) is 25.9 Å². The maximum atomic E-state index is 10.0. The average Bonchev–Trinajstić information content (AvgIpc) is 2.74. The van der Waals surface area contributed by atoms with Crippen molar-refractivity contribution in [1.82, 2.24) is 0 Å². The largest absolute Gasteiger partial charge is 0.394 e. The van der Waals surface area contributed by atoms with Gasteiger partial charge < -0.3 is 14.9 Å². The number of rotatable bonds is 24. The maximum absolute atomic E-state index is 10.0. The van der Waals surface area contributed by atoms with E-state index in [1.54, 1.807) is 0 Å². The first-order valence-electron chi connectivity index (χ1n) is 13.2. The summed E-state index contributed by atoms with van der Waals surface area (Å²) in [6.45, 7) is 5.05. The first-order chi connectivity index (χ1) is 14.3. The van der Waals surface area contributed by atoms with Gasteiger partial charge in [-0.05, 0) is 12.8 Å². The minimum absolute atomic E-state index is 0.192. The van der Waals surface area contributed by atoms with Gasteiger partial charge in [0.1, 0.15) is 6.10 Å². The van der Waals surface area contributed by atoms with Crippen LogP contribution in [0.2, 0.25) is 0 Å². The fourth-order valence-corrected chi connectivity index (χ4v) is 3.98. The highest BCUT2D eigenvalue weighted by Crippen LogP contribution is 2.15. The van der Waals surface area contributed by atoms with Crippen LogP contribution in [-0.4, -0.2) is 35.6 Å². The van der Waals surface area contributed by atoms with E-state index in [-0.39, 0.29) is 12.7 Å². The molecule has 0 amide bonds. The molecule has 176 valence electrons. The summed E-state index contributed by atoms with van der Waals surface area (Å²) in [5.74, 6) is 0. The molecule has 0 rings (SSSR count). The Labute approximate surface area is 183 Å². The molecule has 2 unspecified atom stereocenters. The van der Waals surface area contributed by atoms with Crippen LogP contribution in [0.15, 0.2) is 0 Å². The van der Waals surface area contributed by atoms with Gasteiger partial charge in [-0.1, -0.05) is 129 Å². The molecular weight excluding hydrogens is 360 g/mol. The minimum Gasteiger partial charge on any atom is -0.394 e. The molecule has 0 fully saturated rings. The topological polar surface area (TPSA) is 49.7 Å². The van der Waals surface area contributed by atoms with Crippen molar-refractivity contribution >= 4 is 0 Å². The molecule has 0 aliphatic heterocycles. The van der Waals surface area contributed by atoms with Crippen molar-refractivity contribution < 1.29 is 14.9 Å². The van der Waals surface area contributed by atoms with Crippen LogP contribution in [0, 0.1) is 0 Å². The Morgan fingerprint density at radius 3 is 1.34 bits per heavy atom. The normalized spacial score (nSPS) is 13.7. The van der Waals surface area contributed by atoms with E-state index in [1.165, 1.54) is 109 Å². The molecule has 0 spiro atoms. The van der Waals surface area contributed by atoms with Gasteiger partial charge in [-0.2, -0.15) is 0 Å². The molecule has 2 N–H and O–H groups in total. The van der Waals surface area contributed by atoms with Crippen molar-refractivity contribution in [3.63, 3.8) is 0 Å². The van der Waals surface area contributed by atoms with E-state index >= 15 is 0 Å². The number of aliphatic hydroxyl groups is 2. The number of hydrogen-bond donors (Lipinski definition) is 2. The Bertz CT molecular complexity index is 296. The van der Waals surface area contributed by atoms with E-state index in [0.29, 0.717) is 0 Å². The van der Waals surface area contributed by atoms with Crippen molar-refractivity contribution in [2.45, 2.75) is 154 Å². The molecule has 0 aromatic carbocycles. The van der Waals surface area contributed by atoms with E-state index in [1.807, 2.05) is 0 Å². The molecule has 2 atom stereocenters. The van der Waals surface area contributed by atoms with E-state index in [9.17, 15) is 10.2 Å². The van der Waals surface area contributed by atoms with Crippen molar-refractivity contribution in [3.05, 3.63) is 0 Å². The number of aliphatic hydroxyl groups excluding tert-OH is 2. The van der Waals surface area contributed by atoms with E-state index in [4.69, 9.17) is 4.74 Å². The van der Waals surface area contributed by atoms with Crippen LogP contribution in [0.4, 0.5) is 0 Å². The van der Waals surface area contributed by atoms with Gasteiger partial charge in [0.15, 0.2) is 0 Å². The van der Waals surface area contributed by atoms with Crippen LogP contribution in [-0.2, 0) is 4.74 Å². The third-order valence-electron chi connectivity index (χ3n) is 6.04. The van der Waals surface area contributed by atoms with E-state index < -0.39 is 6.10 Å². The van der Waals surface area contributed by atoms with E-state index in [2.05, 4.69) is 13.8 Å². The molecule has 29 heavy (non-hydrogen) atoms. The second kappa shape index (κ2) is 24.2. The van der Waals surface area contributed by atoms with Crippen molar-refractivity contribution in [2.24, 2.45) is 0 Å². The lowest BCUT2D eigenvalue weighted by Crippen LogP contribution is -2.32. The number of hydrogen-bond acceptors (Lipinski definition) is 3. The van der Waals surface area contributed by atoms with Gasteiger partial charge in [0.05, 0.1) is 12.7 Å². The van der Waals surface area contributed by atoms with Gasteiger partial charge in [-0.15, -0.1) is 0 Å². The molecule has 0 radical (unpaired) electrons. The van der Waals surface area contributed by atoms with Gasteiger partial charge in [0.25, 0.3) is 0 Å². The zero-order valence-corrected chi connectivity index (χ0v) is 20.0. The van der Waals surface area contributed by atoms with Gasteiger partial charge in [-0.25, -0.2) is 0 Å². The second-order valence-electron chi connectivity index (χ2n) is 8.96. The molecule has 3 nitrogen and oxygen atoms in total. The van der Waals surface area contributed by atoms with Gasteiger partial charge in [0, 0.05) is 6.61 Å². The first-order valence-corrected chi connectivity index (χ1v) is 13.2. The predicted molar refractivity (Wildman–Crippen MR) is 127 cm³/mol. The van der Waals surface area contributed by atoms with Crippen molar-refractivity contribution in [2.75, 3.05) is 13.2 Å². The van der Waals surface area contributed by atoms with Crippen molar-refractivity contribution in [1.29, 1.82) is 0 Å². The predicted octanol–water partition coefficient (Wildman–Crippen LogP) is 7.57. The van der Waals surface area contributed by atoms with Crippen LogP contribution < -0.4 is 0 Å². The van der Waals surface area contributed by atoms with Crippen LogP contribution in [0.3, 0.4) is 0 Å². The Kier molecular flexibility index (Phi) is 24.1. The molecule has 3 heteroatoms. The average molecular weight is 415 g/mol. The van der Waals surface area contributed by atoms with Gasteiger partial charge in [-0.3, -0.25) is 0 Å². The summed E-state index contributed by atoms with van der Waals surface area (Å²) in [5, 5.41) is 19.3. The summed E-state index contributed by atoms with van der Waals surface area (Å²) in [4.78, 5) is 0. The summed E-state index contributed by atoms with van der Waals surface area (Å²) in [6, 6.07) is 0. The zero-order valence-electron chi connectivity index (χ0n) is 20.0. The third kappa shape index (κ3) is 20.9. The highest BCUT2D eigenvalue weighted by molar-refractivity contribution is 4.68. The molecule has 0 heterocycles. The maximum Gasteiger partial charge on any atom is 0.103 e. The van der Waals surface area contributed by atoms with Crippen LogP contribution in [0.25, 0.3) is 0 Å². The van der Waals surface area contributed by atoms with Crippen molar-refractivity contribution in [3.8, 4) is 0 Å². The Morgan fingerprint density at radius 2 is 0.931 bits per heavy atom. The first kappa shape index (κ1) is 28.9. The standard InChI is InChI=1S/C26H54O3/c1-3-5-7-9-11-13-15-17-19-21-23-29-26(25(28)24-27)22-20-18-16-14-12-10-8-6-4-2/h25-28H,3-24H2,1-2H3. The molecule has 0 bridgehead atoms. The number of unbranched alkanes of at least 4 members (excludes halogenated alkanes) is 17. The van der Waals surface area contributed by atoms with Gasteiger partial charge >= 0.3 is 0 Å². The summed E-state index contributed by atoms with van der Waals surface area (Å²) in [7, 11) is 0.